The van der Waals surface area contributed by atoms with E-state index in [1.165, 1.54) is 7.11 Å². The van der Waals surface area contributed by atoms with E-state index in [2.05, 4.69) is 0 Å². The highest BCUT2D eigenvalue weighted by Gasteiger charge is 2.68. The van der Waals surface area contributed by atoms with Crippen LogP contribution in [0.4, 0.5) is 0 Å². The first-order chi connectivity index (χ1) is 8.84. The minimum atomic E-state index is -0.978. The molecule has 1 saturated carbocycles. The number of Topliss-reactive ketones (excluding diaryl/α,β-unsaturated/α-hetero) is 1. The lowest BCUT2D eigenvalue weighted by Gasteiger charge is -2.23. The van der Waals surface area contributed by atoms with Gasteiger partial charge in [-0.1, -0.05) is 51.1 Å². The van der Waals surface area contributed by atoms with Crippen LogP contribution in [-0.4, -0.2) is 18.9 Å². The summed E-state index contributed by atoms with van der Waals surface area (Å²) in [6, 6.07) is 9.71. The number of hydrogen-bond acceptors (Lipinski definition) is 3. The van der Waals surface area contributed by atoms with Crippen LogP contribution in [0.3, 0.4) is 0 Å². The summed E-state index contributed by atoms with van der Waals surface area (Å²) in [5.41, 5.74) is -0.489. The fraction of sp³-hybridized carbons (Fsp3) is 0.500. The van der Waals surface area contributed by atoms with Gasteiger partial charge in [0.15, 0.2) is 5.78 Å². The molecule has 0 bridgehead atoms. The molecule has 1 aliphatic carbocycles. The standard InChI is InChI=1S/C16H20O3/c1-15(2,3)13(17)16(14(18)19-4)10-12(16)11-8-6-5-7-9-11/h5-9,12H,10H2,1-4H3/t12-,16-/m1/s1. The summed E-state index contributed by atoms with van der Waals surface area (Å²) in [4.78, 5) is 24.8. The van der Waals surface area contributed by atoms with E-state index in [4.69, 9.17) is 4.74 Å². The van der Waals surface area contributed by atoms with Crippen LogP contribution in [0.1, 0.15) is 38.7 Å². The van der Waals surface area contributed by atoms with Gasteiger partial charge in [-0.05, 0) is 12.0 Å². The van der Waals surface area contributed by atoms with Crippen LogP contribution in [0.5, 0.6) is 0 Å². The second-order valence-electron chi connectivity index (χ2n) is 6.21. The highest BCUT2D eigenvalue weighted by molar-refractivity contribution is 6.10. The summed E-state index contributed by atoms with van der Waals surface area (Å²) in [6.45, 7) is 5.54. The number of methoxy groups -OCH3 is 1. The van der Waals surface area contributed by atoms with Crippen molar-refractivity contribution in [2.24, 2.45) is 10.8 Å². The Balaban J connectivity index is 2.37. The molecule has 0 N–H and O–H groups in total. The van der Waals surface area contributed by atoms with Crippen molar-refractivity contribution < 1.29 is 14.3 Å². The minimum Gasteiger partial charge on any atom is -0.468 e. The topological polar surface area (TPSA) is 43.4 Å². The normalized spacial score (nSPS) is 25.8. The van der Waals surface area contributed by atoms with Crippen molar-refractivity contribution in [1.29, 1.82) is 0 Å². The van der Waals surface area contributed by atoms with Gasteiger partial charge in [0.2, 0.25) is 0 Å². The van der Waals surface area contributed by atoms with Crippen LogP contribution in [0, 0.1) is 10.8 Å². The van der Waals surface area contributed by atoms with E-state index in [0.29, 0.717) is 6.42 Å². The van der Waals surface area contributed by atoms with Crippen molar-refractivity contribution >= 4 is 11.8 Å². The molecule has 102 valence electrons. The lowest BCUT2D eigenvalue weighted by atomic mass is 9.79. The first-order valence-corrected chi connectivity index (χ1v) is 6.52. The number of carbonyl (C=O) groups excluding carboxylic acids is 2. The molecule has 0 heterocycles. The Morgan fingerprint density at radius 3 is 2.26 bits per heavy atom. The van der Waals surface area contributed by atoms with Crippen molar-refractivity contribution in [3.05, 3.63) is 35.9 Å². The van der Waals surface area contributed by atoms with Gasteiger partial charge in [-0.3, -0.25) is 9.59 Å². The third-order valence-electron chi connectivity index (χ3n) is 3.80. The molecule has 0 aromatic heterocycles. The highest BCUT2D eigenvalue weighted by atomic mass is 16.5. The summed E-state index contributed by atoms with van der Waals surface area (Å²) >= 11 is 0. The molecule has 1 aromatic rings. The summed E-state index contributed by atoms with van der Waals surface area (Å²) in [5, 5.41) is 0. The fourth-order valence-electron chi connectivity index (χ4n) is 2.77. The zero-order valence-corrected chi connectivity index (χ0v) is 11.9. The zero-order chi connectivity index (χ0) is 14.3. The summed E-state index contributed by atoms with van der Waals surface area (Å²) in [5.74, 6) is -0.477. The van der Waals surface area contributed by atoms with Crippen molar-refractivity contribution in [3.63, 3.8) is 0 Å². The lowest BCUT2D eigenvalue weighted by molar-refractivity contribution is -0.154. The van der Waals surface area contributed by atoms with Crippen LogP contribution in [0.2, 0.25) is 0 Å². The third-order valence-corrected chi connectivity index (χ3v) is 3.80. The molecule has 0 unspecified atom stereocenters. The molecule has 0 saturated heterocycles. The van der Waals surface area contributed by atoms with E-state index in [1.807, 2.05) is 51.1 Å². The van der Waals surface area contributed by atoms with E-state index >= 15 is 0 Å². The lowest BCUT2D eigenvalue weighted by Crippen LogP contribution is -2.37. The van der Waals surface area contributed by atoms with Crippen molar-refractivity contribution in [2.45, 2.75) is 33.1 Å². The van der Waals surface area contributed by atoms with Crippen LogP contribution < -0.4 is 0 Å². The molecular weight excluding hydrogens is 240 g/mol. The van der Waals surface area contributed by atoms with Gasteiger partial charge in [0.05, 0.1) is 7.11 Å². The molecular formula is C16H20O3. The Kier molecular flexibility index (Phi) is 3.25. The second kappa shape index (κ2) is 4.48. The maximum absolute atomic E-state index is 12.6. The quantitative estimate of drug-likeness (QED) is 0.620. The monoisotopic (exact) mass is 260 g/mol. The number of hydrogen-bond donors (Lipinski definition) is 0. The molecule has 0 amide bonds. The fourth-order valence-corrected chi connectivity index (χ4v) is 2.77. The number of carbonyl (C=O) groups is 2. The molecule has 1 fully saturated rings. The molecule has 0 radical (unpaired) electrons. The smallest absolute Gasteiger partial charge is 0.320 e. The third kappa shape index (κ3) is 2.18. The van der Waals surface area contributed by atoms with Crippen molar-refractivity contribution in [1.82, 2.24) is 0 Å². The van der Waals surface area contributed by atoms with Gasteiger partial charge >= 0.3 is 5.97 Å². The minimum absolute atomic E-state index is 0.0271. The van der Waals surface area contributed by atoms with Gasteiger partial charge in [0, 0.05) is 11.3 Å². The van der Waals surface area contributed by atoms with Gasteiger partial charge in [0.25, 0.3) is 0 Å². The Morgan fingerprint density at radius 2 is 1.79 bits per heavy atom. The van der Waals surface area contributed by atoms with E-state index in [0.717, 1.165) is 5.56 Å². The molecule has 2 rings (SSSR count). The van der Waals surface area contributed by atoms with E-state index in [-0.39, 0.29) is 11.7 Å². The molecule has 2 atom stereocenters. The van der Waals surface area contributed by atoms with Crippen LogP contribution in [0.25, 0.3) is 0 Å². The predicted molar refractivity (Wildman–Crippen MR) is 72.7 cm³/mol. The average molecular weight is 260 g/mol. The average Bonchev–Trinajstić information content (AvgIpc) is 3.13. The maximum Gasteiger partial charge on any atom is 0.320 e. The number of esters is 1. The number of ketones is 1. The van der Waals surface area contributed by atoms with E-state index in [1.54, 1.807) is 0 Å². The predicted octanol–water partition coefficient (Wildman–Crippen LogP) is 2.95. The van der Waals surface area contributed by atoms with Crippen LogP contribution >= 0.6 is 0 Å². The van der Waals surface area contributed by atoms with Gasteiger partial charge in [0.1, 0.15) is 5.41 Å². The Hall–Kier alpha value is -1.64. The number of ether oxygens (including phenoxy) is 1. The van der Waals surface area contributed by atoms with Gasteiger partial charge in [-0.2, -0.15) is 0 Å². The molecule has 19 heavy (non-hydrogen) atoms. The first kappa shape index (κ1) is 13.8. The molecule has 0 spiro atoms. The van der Waals surface area contributed by atoms with Gasteiger partial charge in [-0.25, -0.2) is 0 Å². The summed E-state index contributed by atoms with van der Waals surface area (Å²) in [6.07, 6.45) is 0.555. The number of benzene rings is 1. The molecule has 1 aromatic carbocycles. The second-order valence-corrected chi connectivity index (χ2v) is 6.21. The SMILES string of the molecule is COC(=O)[C@]1(C(=O)C(C)(C)C)C[C@@H]1c1ccccc1. The molecule has 3 heteroatoms. The highest BCUT2D eigenvalue weighted by Crippen LogP contribution is 2.62. The van der Waals surface area contributed by atoms with Gasteiger partial charge < -0.3 is 4.74 Å². The van der Waals surface area contributed by atoms with Crippen molar-refractivity contribution in [3.8, 4) is 0 Å². The molecule has 3 nitrogen and oxygen atoms in total. The Labute approximate surface area is 114 Å². The summed E-state index contributed by atoms with van der Waals surface area (Å²) < 4.78 is 4.89. The molecule has 0 aliphatic heterocycles. The largest absolute Gasteiger partial charge is 0.468 e. The zero-order valence-electron chi connectivity index (χ0n) is 11.9. The van der Waals surface area contributed by atoms with Crippen LogP contribution in [-0.2, 0) is 14.3 Å². The van der Waals surface area contributed by atoms with Gasteiger partial charge in [-0.15, -0.1) is 0 Å². The Bertz CT molecular complexity index is 498. The van der Waals surface area contributed by atoms with Crippen LogP contribution in [0.15, 0.2) is 30.3 Å². The van der Waals surface area contributed by atoms with E-state index in [9.17, 15) is 9.59 Å². The molecule has 1 aliphatic rings. The number of rotatable bonds is 3. The summed E-state index contributed by atoms with van der Waals surface area (Å²) in [7, 11) is 1.35. The maximum atomic E-state index is 12.6. The Morgan fingerprint density at radius 1 is 1.21 bits per heavy atom. The van der Waals surface area contributed by atoms with Crippen molar-refractivity contribution in [2.75, 3.05) is 7.11 Å². The van der Waals surface area contributed by atoms with E-state index < -0.39 is 16.8 Å². The first-order valence-electron chi connectivity index (χ1n) is 6.52.